The van der Waals surface area contributed by atoms with Crippen LogP contribution in [-0.2, 0) is 16.0 Å². The number of piperazine rings is 2. The van der Waals surface area contributed by atoms with Crippen LogP contribution >= 0.6 is 11.6 Å². The highest BCUT2D eigenvalue weighted by Crippen LogP contribution is 2.23. The third-order valence-electron chi connectivity index (χ3n) is 6.04. The van der Waals surface area contributed by atoms with Gasteiger partial charge in [0, 0.05) is 47.2 Å². The number of H-pyrrole nitrogens is 1. The first-order chi connectivity index (χ1) is 15.0. The summed E-state index contributed by atoms with van der Waals surface area (Å²) in [5, 5.41) is 4.40. The van der Waals surface area contributed by atoms with Crippen LogP contribution in [-0.4, -0.2) is 64.2 Å². The molecule has 2 aliphatic heterocycles. The summed E-state index contributed by atoms with van der Waals surface area (Å²) < 4.78 is 0. The molecule has 158 valence electrons. The van der Waals surface area contributed by atoms with E-state index in [1.807, 2.05) is 30.5 Å². The maximum absolute atomic E-state index is 13.1. The summed E-state index contributed by atoms with van der Waals surface area (Å²) in [6, 6.07) is 13.3. The zero-order valence-electron chi connectivity index (χ0n) is 16.7. The van der Waals surface area contributed by atoms with Crippen molar-refractivity contribution in [3.8, 4) is 0 Å². The van der Waals surface area contributed by atoms with E-state index in [1.54, 1.807) is 34.1 Å². The lowest BCUT2D eigenvalue weighted by Crippen LogP contribution is -2.70. The molecule has 2 aromatic carbocycles. The maximum Gasteiger partial charge on any atom is 0.254 e. The smallest absolute Gasteiger partial charge is 0.254 e. The molecule has 2 aliphatic rings. The van der Waals surface area contributed by atoms with Gasteiger partial charge < -0.3 is 20.1 Å². The van der Waals surface area contributed by atoms with Crippen molar-refractivity contribution in [3.63, 3.8) is 0 Å². The topological polar surface area (TPSA) is 85.5 Å². The molecule has 0 saturated carbocycles. The van der Waals surface area contributed by atoms with E-state index in [-0.39, 0.29) is 24.3 Å². The SMILES string of the molecule is O=C1N[C@@H](Cc2c[nH]c3ccccc23)C(=O)N2CCN(C(=O)c3cccc(Cl)c3)C[C@H]12. The minimum atomic E-state index is -0.677. The standard InChI is InChI=1S/C23H21ClN4O3/c24-16-5-3-4-14(10-16)22(30)27-8-9-28-20(13-27)21(29)26-19(23(28)31)11-15-12-25-18-7-2-1-6-17(15)18/h1-7,10,12,19-20,25H,8-9,11,13H2,(H,26,29)/t19-,20+/m0/s1. The number of carbonyl (C=O) groups is 3. The monoisotopic (exact) mass is 436 g/mol. The molecule has 2 N–H and O–H groups in total. The highest BCUT2D eigenvalue weighted by atomic mass is 35.5. The molecule has 3 aromatic rings. The molecule has 3 amide bonds. The molecule has 5 rings (SSSR count). The minimum Gasteiger partial charge on any atom is -0.361 e. The Morgan fingerprint density at radius 2 is 1.94 bits per heavy atom. The lowest BCUT2D eigenvalue weighted by atomic mass is 9.98. The van der Waals surface area contributed by atoms with E-state index in [1.165, 1.54) is 0 Å². The zero-order chi connectivity index (χ0) is 21.5. The van der Waals surface area contributed by atoms with E-state index in [4.69, 9.17) is 11.6 Å². The Morgan fingerprint density at radius 3 is 2.77 bits per heavy atom. The minimum absolute atomic E-state index is 0.107. The normalized spacial score (nSPS) is 21.2. The van der Waals surface area contributed by atoms with Crippen molar-refractivity contribution in [3.05, 3.63) is 70.9 Å². The number of para-hydroxylation sites is 1. The Kier molecular flexibility index (Phi) is 4.90. The highest BCUT2D eigenvalue weighted by Gasteiger charge is 2.44. The summed E-state index contributed by atoms with van der Waals surface area (Å²) in [5.41, 5.74) is 2.46. The van der Waals surface area contributed by atoms with Crippen LogP contribution in [0.25, 0.3) is 10.9 Å². The van der Waals surface area contributed by atoms with Crippen LogP contribution in [0.5, 0.6) is 0 Å². The van der Waals surface area contributed by atoms with Gasteiger partial charge in [-0.1, -0.05) is 35.9 Å². The molecule has 3 heterocycles. The first-order valence-corrected chi connectivity index (χ1v) is 10.6. The second kappa shape index (κ2) is 7.74. The van der Waals surface area contributed by atoms with Crippen molar-refractivity contribution >= 4 is 40.2 Å². The summed E-state index contributed by atoms with van der Waals surface area (Å²) in [6.45, 7) is 0.872. The Balaban J connectivity index is 1.31. The third kappa shape index (κ3) is 3.55. The molecule has 2 saturated heterocycles. The molecular formula is C23H21ClN4O3. The van der Waals surface area contributed by atoms with Gasteiger partial charge in [0.15, 0.2) is 0 Å². The summed E-state index contributed by atoms with van der Waals surface area (Å²) in [6.07, 6.45) is 2.31. The first-order valence-electron chi connectivity index (χ1n) is 10.2. The van der Waals surface area contributed by atoms with E-state index in [0.29, 0.717) is 30.1 Å². The molecule has 0 unspecified atom stereocenters. The van der Waals surface area contributed by atoms with Crippen LogP contribution in [0.15, 0.2) is 54.7 Å². The van der Waals surface area contributed by atoms with Gasteiger partial charge in [0.1, 0.15) is 12.1 Å². The van der Waals surface area contributed by atoms with Gasteiger partial charge in [-0.15, -0.1) is 0 Å². The fourth-order valence-electron chi connectivity index (χ4n) is 4.45. The lowest BCUT2D eigenvalue weighted by Gasteiger charge is -2.45. The Bertz CT molecular complexity index is 1190. The third-order valence-corrected chi connectivity index (χ3v) is 6.27. The van der Waals surface area contributed by atoms with E-state index < -0.39 is 12.1 Å². The van der Waals surface area contributed by atoms with Gasteiger partial charge in [0.2, 0.25) is 11.8 Å². The Morgan fingerprint density at radius 1 is 1.10 bits per heavy atom. The number of aromatic nitrogens is 1. The predicted molar refractivity (Wildman–Crippen MR) is 117 cm³/mol. The lowest BCUT2D eigenvalue weighted by molar-refractivity contribution is -0.152. The largest absolute Gasteiger partial charge is 0.361 e. The predicted octanol–water partition coefficient (Wildman–Crippen LogP) is 2.22. The fraction of sp³-hybridized carbons (Fsp3) is 0.261. The fourth-order valence-corrected chi connectivity index (χ4v) is 4.64. The number of fused-ring (bicyclic) bond motifs is 2. The second-order valence-corrected chi connectivity index (χ2v) is 8.37. The van der Waals surface area contributed by atoms with Crippen LogP contribution in [0.1, 0.15) is 15.9 Å². The van der Waals surface area contributed by atoms with Crippen LogP contribution in [0, 0.1) is 0 Å². The number of aromatic amines is 1. The number of nitrogens with zero attached hydrogens (tertiary/aromatic N) is 2. The molecule has 0 radical (unpaired) electrons. The highest BCUT2D eigenvalue weighted by molar-refractivity contribution is 6.31. The van der Waals surface area contributed by atoms with Gasteiger partial charge in [-0.3, -0.25) is 14.4 Å². The molecule has 2 fully saturated rings. The van der Waals surface area contributed by atoms with Crippen molar-refractivity contribution in [2.75, 3.05) is 19.6 Å². The quantitative estimate of drug-likeness (QED) is 0.660. The van der Waals surface area contributed by atoms with Crippen molar-refractivity contribution in [1.82, 2.24) is 20.1 Å². The van der Waals surface area contributed by atoms with E-state index in [0.717, 1.165) is 16.5 Å². The summed E-state index contributed by atoms with van der Waals surface area (Å²) in [7, 11) is 0. The number of rotatable bonds is 3. The second-order valence-electron chi connectivity index (χ2n) is 7.93. The molecule has 2 atom stereocenters. The summed E-state index contributed by atoms with van der Waals surface area (Å²) in [4.78, 5) is 45.3. The molecule has 1 aromatic heterocycles. The summed E-state index contributed by atoms with van der Waals surface area (Å²) >= 11 is 6.00. The van der Waals surface area contributed by atoms with Crippen LogP contribution < -0.4 is 5.32 Å². The zero-order valence-corrected chi connectivity index (χ0v) is 17.4. The molecule has 31 heavy (non-hydrogen) atoms. The van der Waals surface area contributed by atoms with Gasteiger partial charge in [0.25, 0.3) is 5.91 Å². The molecular weight excluding hydrogens is 416 g/mol. The number of hydrogen-bond acceptors (Lipinski definition) is 3. The number of benzene rings is 2. The average molecular weight is 437 g/mol. The van der Waals surface area contributed by atoms with Crippen molar-refractivity contribution in [2.45, 2.75) is 18.5 Å². The maximum atomic E-state index is 13.1. The van der Waals surface area contributed by atoms with Crippen molar-refractivity contribution in [2.24, 2.45) is 0 Å². The van der Waals surface area contributed by atoms with Crippen LogP contribution in [0.2, 0.25) is 5.02 Å². The number of amides is 3. The van der Waals surface area contributed by atoms with E-state index >= 15 is 0 Å². The summed E-state index contributed by atoms with van der Waals surface area (Å²) in [5.74, 6) is -0.527. The molecule has 0 aliphatic carbocycles. The van der Waals surface area contributed by atoms with Crippen LogP contribution in [0.4, 0.5) is 0 Å². The molecule has 8 heteroatoms. The molecule has 0 bridgehead atoms. The molecule has 0 spiro atoms. The van der Waals surface area contributed by atoms with Crippen LogP contribution in [0.3, 0.4) is 0 Å². The van der Waals surface area contributed by atoms with E-state index in [2.05, 4.69) is 10.3 Å². The first kappa shape index (κ1) is 19.6. The van der Waals surface area contributed by atoms with Gasteiger partial charge in [-0.25, -0.2) is 0 Å². The van der Waals surface area contributed by atoms with Gasteiger partial charge in [0.05, 0.1) is 6.54 Å². The number of hydrogen-bond donors (Lipinski definition) is 2. The van der Waals surface area contributed by atoms with Crippen molar-refractivity contribution < 1.29 is 14.4 Å². The average Bonchev–Trinajstić information content (AvgIpc) is 3.19. The van der Waals surface area contributed by atoms with E-state index in [9.17, 15) is 14.4 Å². The molecule has 7 nitrogen and oxygen atoms in total. The number of halogens is 1. The Labute approximate surface area is 184 Å². The van der Waals surface area contributed by atoms with Gasteiger partial charge in [-0.2, -0.15) is 0 Å². The number of carbonyl (C=O) groups excluding carboxylic acids is 3. The Hall–Kier alpha value is -3.32. The van der Waals surface area contributed by atoms with Gasteiger partial charge in [-0.05, 0) is 29.8 Å². The van der Waals surface area contributed by atoms with Crippen molar-refractivity contribution in [1.29, 1.82) is 0 Å². The van der Waals surface area contributed by atoms with Gasteiger partial charge >= 0.3 is 0 Å². The number of nitrogens with one attached hydrogen (secondary N) is 2.